The molecule has 1 fully saturated rings. The number of nitrogens with one attached hydrogen (secondary N) is 1. The molecule has 120 valence electrons. The van der Waals surface area contributed by atoms with Crippen molar-refractivity contribution >= 4 is 6.02 Å². The lowest BCUT2D eigenvalue weighted by Crippen LogP contribution is -2.52. The lowest BCUT2D eigenvalue weighted by atomic mass is 10.0. The predicted molar refractivity (Wildman–Crippen MR) is 75.3 cm³/mol. The van der Waals surface area contributed by atoms with Gasteiger partial charge in [0.2, 0.25) is 0 Å². The van der Waals surface area contributed by atoms with Crippen molar-refractivity contribution < 1.29 is 17.9 Å². The van der Waals surface area contributed by atoms with Crippen LogP contribution in [-0.2, 0) is 4.74 Å². The SMILES string of the molecule is CCC1=C(C(C)(F)F)N=C(N2CCC(NC)C(F)C2)OC1. The summed E-state index contributed by atoms with van der Waals surface area (Å²) in [6.07, 6.45) is -0.0251. The molecule has 0 bridgehead atoms. The molecular formula is C14H22F3N3O. The molecule has 0 aromatic heterocycles. The third-order valence-electron chi connectivity index (χ3n) is 3.94. The van der Waals surface area contributed by atoms with Crippen LogP contribution in [0.1, 0.15) is 26.7 Å². The highest BCUT2D eigenvalue weighted by molar-refractivity contribution is 5.76. The molecular weight excluding hydrogens is 283 g/mol. The molecule has 0 aromatic rings. The van der Waals surface area contributed by atoms with Gasteiger partial charge in [-0.3, -0.25) is 0 Å². The van der Waals surface area contributed by atoms with Gasteiger partial charge >= 0.3 is 0 Å². The molecule has 2 rings (SSSR count). The molecule has 21 heavy (non-hydrogen) atoms. The Morgan fingerprint density at radius 1 is 1.48 bits per heavy atom. The van der Waals surface area contributed by atoms with Gasteiger partial charge in [-0.2, -0.15) is 13.8 Å². The summed E-state index contributed by atoms with van der Waals surface area (Å²) in [5, 5.41) is 2.91. The first-order chi connectivity index (χ1) is 9.86. The maximum absolute atomic E-state index is 14.0. The van der Waals surface area contributed by atoms with Crippen molar-refractivity contribution in [2.45, 2.75) is 44.8 Å². The minimum atomic E-state index is -3.02. The Hall–Kier alpha value is -1.24. The average molecular weight is 305 g/mol. The standard InChI is InChI=1S/C14H22F3N3O/c1-4-9-8-21-13(19-12(9)14(2,16)17)20-6-5-11(18-3)10(15)7-20/h10-11,18H,4-8H2,1-3H3. The number of hydrogen-bond acceptors (Lipinski definition) is 4. The number of amidine groups is 1. The number of ether oxygens (including phenoxy) is 1. The highest BCUT2D eigenvalue weighted by Gasteiger charge is 2.36. The Balaban J connectivity index is 2.18. The molecule has 2 aliphatic rings. The van der Waals surface area contributed by atoms with E-state index >= 15 is 0 Å². The van der Waals surface area contributed by atoms with Gasteiger partial charge in [-0.05, 0) is 25.5 Å². The van der Waals surface area contributed by atoms with Crippen LogP contribution >= 0.6 is 0 Å². The van der Waals surface area contributed by atoms with Gasteiger partial charge in [0.15, 0.2) is 0 Å². The van der Waals surface area contributed by atoms with Crippen LogP contribution in [0, 0.1) is 0 Å². The zero-order valence-electron chi connectivity index (χ0n) is 12.6. The average Bonchev–Trinajstić information content (AvgIpc) is 2.45. The summed E-state index contributed by atoms with van der Waals surface area (Å²) in [6, 6.07) is -0.0970. The number of hydrogen-bond donors (Lipinski definition) is 1. The Morgan fingerprint density at radius 2 is 2.19 bits per heavy atom. The van der Waals surface area contributed by atoms with Gasteiger partial charge in [-0.1, -0.05) is 6.92 Å². The number of alkyl halides is 3. The highest BCUT2D eigenvalue weighted by atomic mass is 19.3. The topological polar surface area (TPSA) is 36.9 Å². The summed E-state index contributed by atoms with van der Waals surface area (Å²) in [5.74, 6) is -3.02. The number of nitrogens with zero attached hydrogens (tertiary/aromatic N) is 2. The minimum Gasteiger partial charge on any atom is -0.460 e. The predicted octanol–water partition coefficient (Wildman–Crippen LogP) is 2.32. The molecule has 1 saturated heterocycles. The van der Waals surface area contributed by atoms with E-state index in [-0.39, 0.29) is 30.9 Å². The number of halogens is 3. The van der Waals surface area contributed by atoms with E-state index in [1.165, 1.54) is 0 Å². The van der Waals surface area contributed by atoms with E-state index in [4.69, 9.17) is 4.74 Å². The van der Waals surface area contributed by atoms with Gasteiger partial charge < -0.3 is 15.0 Å². The first-order valence-electron chi connectivity index (χ1n) is 7.24. The number of piperidine rings is 1. The van der Waals surface area contributed by atoms with Crippen molar-refractivity contribution in [1.29, 1.82) is 0 Å². The second-order valence-corrected chi connectivity index (χ2v) is 5.52. The van der Waals surface area contributed by atoms with Crippen LogP contribution in [-0.4, -0.2) is 55.8 Å². The molecule has 0 aromatic carbocycles. The van der Waals surface area contributed by atoms with Gasteiger partial charge in [0.05, 0.1) is 6.54 Å². The van der Waals surface area contributed by atoms with Crippen LogP contribution < -0.4 is 5.32 Å². The van der Waals surface area contributed by atoms with E-state index in [1.807, 2.05) is 0 Å². The van der Waals surface area contributed by atoms with Crippen LogP contribution in [0.5, 0.6) is 0 Å². The fraction of sp³-hybridized carbons (Fsp3) is 0.786. The summed E-state index contributed by atoms with van der Waals surface area (Å²) < 4.78 is 46.7. The molecule has 4 nitrogen and oxygen atoms in total. The second kappa shape index (κ2) is 6.25. The molecule has 0 radical (unpaired) electrons. The number of rotatable bonds is 3. The number of likely N-dealkylation sites (tertiary alicyclic amines) is 1. The first kappa shape index (κ1) is 16.1. The molecule has 0 aliphatic carbocycles. The van der Waals surface area contributed by atoms with E-state index in [1.54, 1.807) is 18.9 Å². The molecule has 0 amide bonds. The number of allylic oxidation sites excluding steroid dienone is 1. The summed E-state index contributed by atoms with van der Waals surface area (Å²) in [5.41, 5.74) is 0.255. The summed E-state index contributed by atoms with van der Waals surface area (Å²) >= 11 is 0. The molecule has 1 N–H and O–H groups in total. The quantitative estimate of drug-likeness (QED) is 0.869. The zero-order valence-corrected chi connectivity index (χ0v) is 12.6. The molecule has 0 saturated carbocycles. The summed E-state index contributed by atoms with van der Waals surface area (Å²) in [7, 11) is 1.72. The maximum atomic E-state index is 14.0. The van der Waals surface area contributed by atoms with E-state index < -0.39 is 12.1 Å². The van der Waals surface area contributed by atoms with Gasteiger partial charge in [-0.15, -0.1) is 0 Å². The van der Waals surface area contributed by atoms with Gasteiger partial charge in [0.25, 0.3) is 11.9 Å². The molecule has 0 spiro atoms. The van der Waals surface area contributed by atoms with E-state index in [9.17, 15) is 13.2 Å². The van der Waals surface area contributed by atoms with Gasteiger partial charge in [0, 0.05) is 19.5 Å². The van der Waals surface area contributed by atoms with E-state index in [0.29, 0.717) is 25.0 Å². The lowest BCUT2D eigenvalue weighted by Gasteiger charge is -2.37. The molecule has 2 heterocycles. The fourth-order valence-corrected chi connectivity index (χ4v) is 2.67. The monoisotopic (exact) mass is 305 g/mol. The van der Waals surface area contributed by atoms with Crippen molar-refractivity contribution in [2.75, 3.05) is 26.7 Å². The van der Waals surface area contributed by atoms with Gasteiger partial charge in [-0.25, -0.2) is 4.39 Å². The van der Waals surface area contributed by atoms with Crippen molar-refractivity contribution in [2.24, 2.45) is 4.99 Å². The third kappa shape index (κ3) is 3.51. The van der Waals surface area contributed by atoms with Crippen LogP contribution in [0.4, 0.5) is 13.2 Å². The first-order valence-corrected chi connectivity index (χ1v) is 7.24. The van der Waals surface area contributed by atoms with Crippen molar-refractivity contribution in [3.05, 3.63) is 11.3 Å². The van der Waals surface area contributed by atoms with Crippen LogP contribution in [0.25, 0.3) is 0 Å². The largest absolute Gasteiger partial charge is 0.460 e. The van der Waals surface area contributed by atoms with E-state index in [2.05, 4.69) is 10.3 Å². The van der Waals surface area contributed by atoms with Crippen LogP contribution in [0.3, 0.4) is 0 Å². The molecule has 2 aliphatic heterocycles. The Bertz CT molecular complexity index is 445. The van der Waals surface area contributed by atoms with Gasteiger partial charge in [0.1, 0.15) is 18.5 Å². The zero-order chi connectivity index (χ0) is 15.6. The Labute approximate surface area is 123 Å². The van der Waals surface area contributed by atoms with Crippen molar-refractivity contribution in [3.63, 3.8) is 0 Å². The fourth-order valence-electron chi connectivity index (χ4n) is 2.67. The Kier molecular flexibility index (Phi) is 4.81. The molecule has 2 atom stereocenters. The van der Waals surface area contributed by atoms with Crippen LogP contribution in [0.15, 0.2) is 16.3 Å². The normalized spacial score (nSPS) is 27.5. The lowest BCUT2D eigenvalue weighted by molar-refractivity contribution is 0.0552. The molecule has 2 unspecified atom stereocenters. The smallest absolute Gasteiger partial charge is 0.292 e. The molecule has 7 heteroatoms. The highest BCUT2D eigenvalue weighted by Crippen LogP contribution is 2.32. The second-order valence-electron chi connectivity index (χ2n) is 5.52. The van der Waals surface area contributed by atoms with Crippen molar-refractivity contribution in [1.82, 2.24) is 10.2 Å². The van der Waals surface area contributed by atoms with Crippen LogP contribution in [0.2, 0.25) is 0 Å². The third-order valence-corrected chi connectivity index (χ3v) is 3.94. The van der Waals surface area contributed by atoms with E-state index in [0.717, 1.165) is 6.92 Å². The Morgan fingerprint density at radius 3 is 2.71 bits per heavy atom. The number of aliphatic imine (C=N–C) groups is 1. The van der Waals surface area contributed by atoms with Crippen molar-refractivity contribution in [3.8, 4) is 0 Å². The maximum Gasteiger partial charge on any atom is 0.292 e. The minimum absolute atomic E-state index is 0.0943. The summed E-state index contributed by atoms with van der Waals surface area (Å²) in [4.78, 5) is 5.59. The summed E-state index contributed by atoms with van der Waals surface area (Å²) in [6.45, 7) is 3.36.